The number of likely N-dealkylation sites (tertiary alicyclic amines) is 1. The number of halogens is 3. The minimum Gasteiger partial charge on any atom is -0.508 e. The summed E-state index contributed by atoms with van der Waals surface area (Å²) in [6.45, 7) is 3.12. The lowest BCUT2D eigenvalue weighted by Gasteiger charge is -2.45. The Hall–Kier alpha value is -4.14. The maximum Gasteiger partial charge on any atom is 0.319 e. The van der Waals surface area contributed by atoms with Gasteiger partial charge in [0.25, 0.3) is 0 Å². The first kappa shape index (κ1) is 30.5. The van der Waals surface area contributed by atoms with Gasteiger partial charge in [-0.1, -0.05) is 18.4 Å². The van der Waals surface area contributed by atoms with Gasteiger partial charge in [-0.2, -0.15) is 9.97 Å². The average molecular weight is 632 g/mol. The molecule has 4 aromatic rings. The molecule has 3 fully saturated rings. The second-order valence-corrected chi connectivity index (χ2v) is 13.5. The van der Waals surface area contributed by atoms with Crippen molar-refractivity contribution >= 4 is 27.5 Å². The number of fused-ring (bicyclic) bond motifs is 3. The number of pyridine rings is 1. The Kier molecular flexibility index (Phi) is 7.48. The molecular formula is C35H36F3N5O3. The number of phenolic OH excluding ortho intramolecular Hbond substituents is 1. The number of ether oxygens (including phenoxy) is 1. The first-order chi connectivity index (χ1) is 22.0. The van der Waals surface area contributed by atoms with Crippen molar-refractivity contribution in [1.29, 1.82) is 0 Å². The summed E-state index contributed by atoms with van der Waals surface area (Å²) < 4.78 is 52.7. The van der Waals surface area contributed by atoms with Crippen LogP contribution in [0.3, 0.4) is 0 Å². The van der Waals surface area contributed by atoms with E-state index in [-0.39, 0.29) is 58.7 Å². The highest BCUT2D eigenvalue weighted by Gasteiger charge is 2.50. The van der Waals surface area contributed by atoms with Gasteiger partial charge in [-0.15, -0.1) is 6.42 Å². The number of hydrogen-bond acceptors (Lipinski definition) is 8. The zero-order valence-corrected chi connectivity index (χ0v) is 25.9. The maximum atomic E-state index is 16.8. The van der Waals surface area contributed by atoms with E-state index in [9.17, 15) is 19.0 Å². The highest BCUT2D eigenvalue weighted by molar-refractivity contribution is 6.03. The van der Waals surface area contributed by atoms with Crippen molar-refractivity contribution in [3.8, 4) is 35.4 Å². The zero-order valence-electron chi connectivity index (χ0n) is 25.9. The van der Waals surface area contributed by atoms with Crippen molar-refractivity contribution < 1.29 is 28.1 Å². The molecule has 2 saturated heterocycles. The van der Waals surface area contributed by atoms with Gasteiger partial charge < -0.3 is 19.8 Å². The van der Waals surface area contributed by atoms with E-state index in [2.05, 4.69) is 20.8 Å². The molecular weight excluding hydrogens is 595 g/mol. The quantitative estimate of drug-likeness (QED) is 0.269. The first-order valence-corrected chi connectivity index (χ1v) is 15.7. The number of anilines is 1. The minimum atomic E-state index is -0.989. The number of aliphatic hydroxyl groups is 1. The van der Waals surface area contributed by atoms with Crippen LogP contribution in [0.1, 0.15) is 51.0 Å². The number of nitrogens with zero attached hydrogens (tertiary/aromatic N) is 5. The molecule has 2 N–H and O–H groups in total. The molecule has 0 radical (unpaired) electrons. The molecule has 0 spiro atoms. The lowest BCUT2D eigenvalue weighted by atomic mass is 9.75. The zero-order chi connectivity index (χ0) is 32.4. The number of aromatic nitrogens is 3. The molecule has 4 atom stereocenters. The summed E-state index contributed by atoms with van der Waals surface area (Å²) >= 11 is 0. The SMILES string of the molecule is C#Cc1c(F)ccc2cc(O)cc(-c3ncc4c(N5CCC[C@@](C)(O)C5)nc(OC[C@]56CCC[C@H]5N(C)C[C@@H](F)C6)nc4c3F)c12. The van der Waals surface area contributed by atoms with E-state index < -0.39 is 28.8 Å². The Bertz CT molecular complexity index is 1900. The molecule has 0 bridgehead atoms. The molecule has 240 valence electrons. The number of β-amino-alcohol motifs (C(OH)–C–C–N with tert-alkyl or cyclic N) is 1. The third-order valence-corrected chi connectivity index (χ3v) is 10.1. The van der Waals surface area contributed by atoms with Crippen molar-refractivity contribution in [3.05, 3.63) is 47.7 Å². The van der Waals surface area contributed by atoms with E-state index in [1.54, 1.807) is 6.92 Å². The van der Waals surface area contributed by atoms with Gasteiger partial charge in [0.2, 0.25) is 0 Å². The monoisotopic (exact) mass is 631 g/mol. The lowest BCUT2D eigenvalue weighted by Crippen LogP contribution is -2.54. The highest BCUT2D eigenvalue weighted by atomic mass is 19.1. The van der Waals surface area contributed by atoms with E-state index in [0.717, 1.165) is 19.3 Å². The molecule has 4 heterocycles. The summed E-state index contributed by atoms with van der Waals surface area (Å²) in [5, 5.41) is 22.4. The summed E-state index contributed by atoms with van der Waals surface area (Å²) in [7, 11) is 1.94. The normalized spacial score (nSPS) is 26.8. The number of rotatable bonds is 5. The van der Waals surface area contributed by atoms with Crippen LogP contribution < -0.4 is 9.64 Å². The van der Waals surface area contributed by atoms with E-state index in [4.69, 9.17) is 16.1 Å². The van der Waals surface area contributed by atoms with Crippen molar-refractivity contribution in [2.45, 2.75) is 63.3 Å². The number of piperidine rings is 2. The molecule has 2 aromatic carbocycles. The van der Waals surface area contributed by atoms with Crippen molar-refractivity contribution in [2.24, 2.45) is 5.41 Å². The topological polar surface area (TPSA) is 94.8 Å². The predicted molar refractivity (Wildman–Crippen MR) is 170 cm³/mol. The third kappa shape index (κ3) is 5.17. The summed E-state index contributed by atoms with van der Waals surface area (Å²) in [5.41, 5.74) is -1.65. The van der Waals surface area contributed by atoms with E-state index in [0.29, 0.717) is 48.9 Å². The standard InChI is InChI=1S/C35H36F3N5O3/c1-4-23-26(37)9-8-20-13-22(44)14-24(28(20)23)30-29(38)31-25(16-39-30)32(43-12-6-10-34(2,45)18-43)41-33(40-31)46-19-35-11-5-7-27(35)42(3)17-21(36)15-35/h1,8-9,13-14,16,21,27,44-45H,5-7,10-12,15,17-19H2,2-3H3/t21-,27+,34+,35+/m0/s1. The second kappa shape index (κ2) is 11.3. The summed E-state index contributed by atoms with van der Waals surface area (Å²) in [5.74, 6) is 1.06. The van der Waals surface area contributed by atoms with E-state index in [1.165, 1.54) is 30.5 Å². The van der Waals surface area contributed by atoms with Gasteiger partial charge in [0.15, 0.2) is 5.82 Å². The smallest absolute Gasteiger partial charge is 0.319 e. The molecule has 1 saturated carbocycles. The largest absolute Gasteiger partial charge is 0.508 e. The van der Waals surface area contributed by atoms with Gasteiger partial charge in [-0.3, -0.25) is 9.88 Å². The maximum absolute atomic E-state index is 16.8. The minimum absolute atomic E-state index is 0.0662. The van der Waals surface area contributed by atoms with Crippen LogP contribution in [0.5, 0.6) is 11.8 Å². The highest BCUT2D eigenvalue weighted by Crippen LogP contribution is 2.48. The molecule has 11 heteroatoms. The van der Waals surface area contributed by atoms with Gasteiger partial charge in [0, 0.05) is 48.2 Å². The van der Waals surface area contributed by atoms with Crippen LogP contribution >= 0.6 is 0 Å². The fourth-order valence-corrected chi connectivity index (χ4v) is 8.10. The van der Waals surface area contributed by atoms with Crippen LogP contribution in [0, 0.1) is 29.4 Å². The van der Waals surface area contributed by atoms with Crippen LogP contribution in [0.2, 0.25) is 0 Å². The van der Waals surface area contributed by atoms with Crippen LogP contribution in [0.4, 0.5) is 19.0 Å². The molecule has 2 aromatic heterocycles. The molecule has 8 nitrogen and oxygen atoms in total. The van der Waals surface area contributed by atoms with Crippen LogP contribution in [-0.2, 0) is 0 Å². The van der Waals surface area contributed by atoms with Crippen molar-refractivity contribution in [2.75, 3.05) is 38.2 Å². The predicted octanol–water partition coefficient (Wildman–Crippen LogP) is 5.75. The molecule has 7 rings (SSSR count). The van der Waals surface area contributed by atoms with Crippen LogP contribution in [-0.4, -0.2) is 81.2 Å². The number of phenols is 1. The number of hydrogen-bond donors (Lipinski definition) is 2. The number of alkyl halides is 1. The fraction of sp³-hybridized carbons (Fsp3) is 0.457. The first-order valence-electron chi connectivity index (χ1n) is 15.7. The summed E-state index contributed by atoms with van der Waals surface area (Å²) in [6.07, 6.45) is 10.5. The third-order valence-electron chi connectivity index (χ3n) is 10.1. The molecule has 0 amide bonds. The van der Waals surface area contributed by atoms with Crippen LogP contribution in [0.25, 0.3) is 32.9 Å². The van der Waals surface area contributed by atoms with Crippen molar-refractivity contribution in [1.82, 2.24) is 19.9 Å². The number of aromatic hydroxyl groups is 1. The van der Waals surface area contributed by atoms with Gasteiger partial charge >= 0.3 is 6.01 Å². The Balaban J connectivity index is 1.38. The molecule has 3 aliphatic rings. The summed E-state index contributed by atoms with van der Waals surface area (Å²) in [6, 6.07) is 5.48. The number of benzene rings is 2. The van der Waals surface area contributed by atoms with Gasteiger partial charge in [-0.25, -0.2) is 13.2 Å². The Morgan fingerprint density at radius 3 is 2.78 bits per heavy atom. The Morgan fingerprint density at radius 1 is 1.17 bits per heavy atom. The molecule has 0 unspecified atom stereocenters. The molecule has 46 heavy (non-hydrogen) atoms. The van der Waals surface area contributed by atoms with E-state index >= 15 is 4.39 Å². The second-order valence-electron chi connectivity index (χ2n) is 13.5. The van der Waals surface area contributed by atoms with Gasteiger partial charge in [0.05, 0.1) is 23.2 Å². The van der Waals surface area contributed by atoms with Crippen LogP contribution in [0.15, 0.2) is 30.5 Å². The molecule has 2 aliphatic heterocycles. The lowest BCUT2D eigenvalue weighted by molar-refractivity contribution is -0.0244. The van der Waals surface area contributed by atoms with Crippen molar-refractivity contribution in [3.63, 3.8) is 0 Å². The van der Waals surface area contributed by atoms with E-state index in [1.807, 2.05) is 11.9 Å². The molecule has 1 aliphatic carbocycles. The Morgan fingerprint density at radius 2 is 2.00 bits per heavy atom. The average Bonchev–Trinajstić information content (AvgIpc) is 3.44. The summed E-state index contributed by atoms with van der Waals surface area (Å²) in [4.78, 5) is 17.6. The van der Waals surface area contributed by atoms with Gasteiger partial charge in [0.1, 0.15) is 34.8 Å². The Labute approximate surface area is 265 Å². The number of terminal acetylenes is 1. The fourth-order valence-electron chi connectivity index (χ4n) is 8.10. The van der Waals surface area contributed by atoms with Gasteiger partial charge in [-0.05, 0) is 69.7 Å².